The SMILES string of the molecule is CCCCCCCN(CC)CCCCc1ccc(NS(C)(=O)=O)cc1.O=C(O)C(=O)O. The molecule has 0 saturated carbocycles. The average Bonchev–Trinajstić information content (AvgIpc) is 2.70. The first-order chi connectivity index (χ1) is 14.6. The van der Waals surface area contributed by atoms with Crippen LogP contribution in [0, 0.1) is 0 Å². The monoisotopic (exact) mass is 458 g/mol. The summed E-state index contributed by atoms with van der Waals surface area (Å²) in [6.07, 6.45) is 11.3. The second kappa shape index (κ2) is 16.5. The normalized spacial score (nSPS) is 11.0. The molecule has 1 rings (SSSR count). The first-order valence-corrected chi connectivity index (χ1v) is 12.7. The first kappa shape index (κ1) is 28.9. The Morgan fingerprint density at radius 3 is 1.84 bits per heavy atom. The maximum absolute atomic E-state index is 11.2. The number of rotatable bonds is 14. The molecule has 0 aliphatic heterocycles. The highest BCUT2D eigenvalue weighted by molar-refractivity contribution is 7.92. The van der Waals surface area contributed by atoms with Crippen LogP contribution in [0.2, 0.25) is 0 Å². The fourth-order valence-electron chi connectivity index (χ4n) is 2.99. The Hall–Kier alpha value is -2.13. The third kappa shape index (κ3) is 17.3. The smallest absolute Gasteiger partial charge is 0.414 e. The van der Waals surface area contributed by atoms with Gasteiger partial charge in [0.1, 0.15) is 0 Å². The summed E-state index contributed by atoms with van der Waals surface area (Å²) in [6, 6.07) is 7.70. The number of carbonyl (C=O) groups is 2. The maximum Gasteiger partial charge on any atom is 0.414 e. The minimum Gasteiger partial charge on any atom is -0.473 e. The molecular formula is C22H38N2O6S. The van der Waals surface area contributed by atoms with Crippen molar-refractivity contribution in [2.45, 2.75) is 65.2 Å². The number of nitrogens with one attached hydrogen (secondary N) is 1. The zero-order valence-electron chi connectivity index (χ0n) is 19.0. The molecule has 3 N–H and O–H groups in total. The Labute approximate surface area is 186 Å². The lowest BCUT2D eigenvalue weighted by atomic mass is 10.1. The van der Waals surface area contributed by atoms with Gasteiger partial charge in [-0.25, -0.2) is 18.0 Å². The average molecular weight is 459 g/mol. The van der Waals surface area contributed by atoms with E-state index in [1.165, 1.54) is 69.9 Å². The van der Waals surface area contributed by atoms with Crippen LogP contribution in [0.1, 0.15) is 64.4 Å². The number of aryl methyl sites for hydroxylation is 1. The van der Waals surface area contributed by atoms with Gasteiger partial charge in [-0.3, -0.25) is 4.72 Å². The van der Waals surface area contributed by atoms with Crippen molar-refractivity contribution >= 4 is 27.6 Å². The number of hydrogen-bond acceptors (Lipinski definition) is 5. The molecule has 31 heavy (non-hydrogen) atoms. The summed E-state index contributed by atoms with van der Waals surface area (Å²) in [5.74, 6) is -3.65. The van der Waals surface area contributed by atoms with Crippen LogP contribution in [0.25, 0.3) is 0 Å². The molecule has 178 valence electrons. The van der Waals surface area contributed by atoms with Crippen LogP contribution in [-0.2, 0) is 26.0 Å². The molecule has 0 bridgehead atoms. The largest absolute Gasteiger partial charge is 0.473 e. The number of carboxylic acids is 2. The number of carboxylic acid groups (broad SMARTS) is 2. The number of nitrogens with zero attached hydrogens (tertiary/aromatic N) is 1. The molecule has 0 heterocycles. The summed E-state index contributed by atoms with van der Waals surface area (Å²) in [4.78, 5) is 20.8. The van der Waals surface area contributed by atoms with Gasteiger partial charge >= 0.3 is 11.9 Å². The van der Waals surface area contributed by atoms with Gasteiger partial charge < -0.3 is 15.1 Å². The standard InChI is InChI=1S/C20H36N2O2S.C2H2O4/c1-4-6-7-8-10-17-22(5-2)18-11-9-12-19-13-15-20(16-14-19)21-25(3,23)24;3-1(4)2(5)6/h13-16,21H,4-12,17-18H2,1-3H3;(H,3,4)(H,5,6). The van der Waals surface area contributed by atoms with Crippen LogP contribution in [0.4, 0.5) is 5.69 Å². The third-order valence-corrected chi connectivity index (χ3v) is 5.26. The molecule has 1 aromatic carbocycles. The van der Waals surface area contributed by atoms with Crippen molar-refractivity contribution in [2.24, 2.45) is 0 Å². The number of unbranched alkanes of at least 4 members (excludes halogenated alkanes) is 5. The Bertz CT molecular complexity index is 723. The van der Waals surface area contributed by atoms with Gasteiger partial charge in [-0.2, -0.15) is 0 Å². The molecule has 8 nitrogen and oxygen atoms in total. The first-order valence-electron chi connectivity index (χ1n) is 10.8. The van der Waals surface area contributed by atoms with Crippen molar-refractivity contribution in [2.75, 3.05) is 30.6 Å². The predicted octanol–water partition coefficient (Wildman–Crippen LogP) is 3.83. The van der Waals surface area contributed by atoms with Gasteiger partial charge in [-0.1, -0.05) is 51.7 Å². The molecule has 0 aliphatic carbocycles. The van der Waals surface area contributed by atoms with E-state index in [0.29, 0.717) is 5.69 Å². The Kier molecular flexibility index (Phi) is 15.4. The lowest BCUT2D eigenvalue weighted by Crippen LogP contribution is -2.25. The van der Waals surface area contributed by atoms with Crippen molar-refractivity contribution in [1.82, 2.24) is 4.90 Å². The highest BCUT2D eigenvalue weighted by Gasteiger charge is 2.05. The van der Waals surface area contributed by atoms with Crippen LogP contribution < -0.4 is 4.72 Å². The van der Waals surface area contributed by atoms with Gasteiger partial charge in [0.25, 0.3) is 0 Å². The van der Waals surface area contributed by atoms with Gasteiger partial charge in [-0.05, 0) is 63.0 Å². The topological polar surface area (TPSA) is 124 Å². The lowest BCUT2D eigenvalue weighted by molar-refractivity contribution is -0.159. The molecule has 0 amide bonds. The van der Waals surface area contributed by atoms with Crippen molar-refractivity contribution in [3.63, 3.8) is 0 Å². The van der Waals surface area contributed by atoms with E-state index in [0.717, 1.165) is 13.0 Å². The summed E-state index contributed by atoms with van der Waals surface area (Å²) in [6.45, 7) is 8.05. The zero-order valence-corrected chi connectivity index (χ0v) is 19.8. The molecule has 0 fully saturated rings. The molecule has 0 radical (unpaired) electrons. The number of sulfonamides is 1. The molecule has 0 unspecified atom stereocenters. The summed E-state index contributed by atoms with van der Waals surface area (Å²) in [7, 11) is -3.19. The maximum atomic E-state index is 11.2. The van der Waals surface area contributed by atoms with Gasteiger partial charge in [-0.15, -0.1) is 0 Å². The highest BCUT2D eigenvalue weighted by atomic mass is 32.2. The molecule has 0 atom stereocenters. The number of anilines is 1. The molecule has 0 spiro atoms. The van der Waals surface area contributed by atoms with Gasteiger partial charge in [0, 0.05) is 5.69 Å². The van der Waals surface area contributed by atoms with Crippen molar-refractivity contribution in [3.8, 4) is 0 Å². The van der Waals surface area contributed by atoms with E-state index in [-0.39, 0.29) is 0 Å². The fraction of sp³-hybridized carbons (Fsp3) is 0.636. The minimum absolute atomic E-state index is 0.631. The third-order valence-electron chi connectivity index (χ3n) is 4.66. The summed E-state index contributed by atoms with van der Waals surface area (Å²) >= 11 is 0. The lowest BCUT2D eigenvalue weighted by Gasteiger charge is -2.20. The van der Waals surface area contributed by atoms with E-state index in [4.69, 9.17) is 19.8 Å². The Morgan fingerprint density at radius 1 is 0.871 bits per heavy atom. The van der Waals surface area contributed by atoms with Crippen LogP contribution in [0.5, 0.6) is 0 Å². The van der Waals surface area contributed by atoms with Gasteiger partial charge in [0.2, 0.25) is 10.0 Å². The number of aliphatic carboxylic acids is 2. The van der Waals surface area contributed by atoms with E-state index < -0.39 is 22.0 Å². The molecule has 9 heteroatoms. The quantitative estimate of drug-likeness (QED) is 0.286. The summed E-state index contributed by atoms with van der Waals surface area (Å²) in [5, 5.41) is 14.8. The molecule has 1 aromatic rings. The zero-order chi connectivity index (χ0) is 23.7. The van der Waals surface area contributed by atoms with Crippen LogP contribution in [0.15, 0.2) is 24.3 Å². The fourth-order valence-corrected chi connectivity index (χ4v) is 3.55. The van der Waals surface area contributed by atoms with Gasteiger partial charge in [0.15, 0.2) is 0 Å². The minimum atomic E-state index is -3.19. The highest BCUT2D eigenvalue weighted by Crippen LogP contribution is 2.13. The van der Waals surface area contributed by atoms with E-state index in [9.17, 15) is 8.42 Å². The molecule has 0 aliphatic rings. The van der Waals surface area contributed by atoms with Crippen molar-refractivity contribution in [1.29, 1.82) is 0 Å². The van der Waals surface area contributed by atoms with E-state index in [2.05, 4.69) is 23.5 Å². The van der Waals surface area contributed by atoms with E-state index >= 15 is 0 Å². The molecule has 0 aromatic heterocycles. The van der Waals surface area contributed by atoms with Crippen LogP contribution in [-0.4, -0.2) is 61.4 Å². The number of benzene rings is 1. The molecular weight excluding hydrogens is 420 g/mol. The van der Waals surface area contributed by atoms with Crippen molar-refractivity contribution in [3.05, 3.63) is 29.8 Å². The van der Waals surface area contributed by atoms with E-state index in [1.807, 2.05) is 24.3 Å². The predicted molar refractivity (Wildman–Crippen MR) is 124 cm³/mol. The van der Waals surface area contributed by atoms with Crippen molar-refractivity contribution < 1.29 is 28.2 Å². The summed E-state index contributed by atoms with van der Waals surface area (Å²) < 4.78 is 24.9. The van der Waals surface area contributed by atoms with Crippen LogP contribution in [0.3, 0.4) is 0 Å². The second-order valence-electron chi connectivity index (χ2n) is 7.49. The van der Waals surface area contributed by atoms with E-state index in [1.54, 1.807) is 0 Å². The number of hydrogen-bond donors (Lipinski definition) is 3. The Morgan fingerprint density at radius 2 is 1.39 bits per heavy atom. The second-order valence-corrected chi connectivity index (χ2v) is 9.24. The van der Waals surface area contributed by atoms with Crippen LogP contribution >= 0.6 is 0 Å². The molecule has 0 saturated heterocycles. The van der Waals surface area contributed by atoms with Gasteiger partial charge in [0.05, 0.1) is 6.26 Å². The Balaban J connectivity index is 0.00000131. The summed E-state index contributed by atoms with van der Waals surface area (Å²) in [5.41, 5.74) is 1.90.